The number of ether oxygens (including phenoxy) is 1. The molecular weight excluding hydrogens is 510 g/mol. The van der Waals surface area contributed by atoms with Crippen LogP contribution in [0.25, 0.3) is 23.0 Å². The van der Waals surface area contributed by atoms with Crippen LogP contribution in [0.15, 0.2) is 71.4 Å². The molecule has 1 aliphatic rings. The first-order chi connectivity index (χ1) is 19.3. The minimum Gasteiger partial charge on any atom is -0.490 e. The molecule has 40 heavy (non-hydrogen) atoms. The number of hydrogen-bond acceptors (Lipinski definition) is 7. The average Bonchev–Trinajstić information content (AvgIpc) is 3.39. The molecule has 10 nitrogen and oxygen atoms in total. The summed E-state index contributed by atoms with van der Waals surface area (Å²) in [6, 6.07) is 15.8. The molecule has 10 heteroatoms. The van der Waals surface area contributed by atoms with Gasteiger partial charge in [-0.1, -0.05) is 44.4 Å². The number of nitro benzene ring substituents is 1. The van der Waals surface area contributed by atoms with Gasteiger partial charge in [0.25, 0.3) is 11.8 Å². The molecule has 0 N–H and O–H groups in total. The number of carbonyl (C=O) groups is 2. The van der Waals surface area contributed by atoms with Crippen LogP contribution >= 0.6 is 0 Å². The Balaban J connectivity index is 1.88. The number of benzene rings is 2. The summed E-state index contributed by atoms with van der Waals surface area (Å²) >= 11 is 0. The molecule has 0 aliphatic carbocycles. The van der Waals surface area contributed by atoms with Gasteiger partial charge in [0.1, 0.15) is 17.3 Å². The Kier molecular flexibility index (Phi) is 8.54. The quantitative estimate of drug-likeness (QED) is 0.107. The highest BCUT2D eigenvalue weighted by atomic mass is 16.6. The summed E-state index contributed by atoms with van der Waals surface area (Å²) in [5, 5.41) is 26.2. The first kappa shape index (κ1) is 28.0. The van der Waals surface area contributed by atoms with E-state index < -0.39 is 16.7 Å². The second-order valence-electron chi connectivity index (χ2n) is 9.35. The van der Waals surface area contributed by atoms with E-state index in [1.165, 1.54) is 19.2 Å². The highest BCUT2D eigenvalue weighted by molar-refractivity contribution is 6.19. The van der Waals surface area contributed by atoms with E-state index in [0.29, 0.717) is 23.2 Å². The monoisotopic (exact) mass is 539 g/mol. The summed E-state index contributed by atoms with van der Waals surface area (Å²) in [5.41, 5.74) is 2.21. The van der Waals surface area contributed by atoms with Gasteiger partial charge in [0, 0.05) is 35.5 Å². The third-order valence-electron chi connectivity index (χ3n) is 6.77. The lowest BCUT2D eigenvalue weighted by Crippen LogP contribution is -2.43. The third-order valence-corrected chi connectivity index (χ3v) is 6.77. The van der Waals surface area contributed by atoms with Gasteiger partial charge >= 0.3 is 5.69 Å². The van der Waals surface area contributed by atoms with Crippen LogP contribution in [-0.2, 0) is 9.59 Å². The molecule has 0 atom stereocenters. The number of carbonyl (C=O) groups excluding carboxylic acids is 2. The van der Waals surface area contributed by atoms with E-state index in [1.54, 1.807) is 29.9 Å². The Hall–Kier alpha value is -5.04. The van der Waals surface area contributed by atoms with Gasteiger partial charge in [0.2, 0.25) is 0 Å². The summed E-state index contributed by atoms with van der Waals surface area (Å²) in [5.74, 6) is -0.977. The Morgan fingerprint density at radius 3 is 2.50 bits per heavy atom. The van der Waals surface area contributed by atoms with Crippen molar-refractivity contribution in [3.05, 3.63) is 87.1 Å². The van der Waals surface area contributed by atoms with Crippen molar-refractivity contribution in [3.63, 3.8) is 0 Å². The van der Waals surface area contributed by atoms with E-state index in [2.05, 4.69) is 6.92 Å². The predicted octanol–water partition coefficient (Wildman–Crippen LogP) is 5.63. The fourth-order valence-electron chi connectivity index (χ4n) is 4.60. The Morgan fingerprint density at radius 2 is 1.85 bits per heavy atom. The molecule has 4 rings (SSSR count). The topological polar surface area (TPSA) is 131 Å². The molecule has 1 aliphatic heterocycles. The Bertz CT molecular complexity index is 1560. The number of unbranched alkanes of at least 4 members (excludes halogenated alkanes) is 3. The third kappa shape index (κ3) is 5.54. The van der Waals surface area contributed by atoms with Gasteiger partial charge in [-0.2, -0.15) is 10.4 Å². The van der Waals surface area contributed by atoms with Crippen molar-refractivity contribution in [1.29, 1.82) is 5.26 Å². The number of hydrogen-bond donors (Lipinski definition) is 0. The standard InChI is InChI=1S/C30H29N5O5/c1-4-5-6-10-15-33-29(36)24(20(2)25(18-31)30(33)37)16-22-19-34(23-11-8-7-9-12-23)32-28(22)21-13-14-27(40-3)26(17-21)35(38)39/h7-9,11-14,16-17,19H,4-6,10,15H2,1-3H3/b24-16+. The highest BCUT2D eigenvalue weighted by Gasteiger charge is 2.35. The molecule has 0 fully saturated rings. The van der Waals surface area contributed by atoms with Crippen molar-refractivity contribution in [2.24, 2.45) is 0 Å². The van der Waals surface area contributed by atoms with Crippen molar-refractivity contribution >= 4 is 23.6 Å². The van der Waals surface area contributed by atoms with E-state index in [0.717, 1.165) is 29.8 Å². The summed E-state index contributed by atoms with van der Waals surface area (Å²) in [7, 11) is 1.36. The van der Waals surface area contributed by atoms with Gasteiger partial charge < -0.3 is 4.74 Å². The number of aromatic nitrogens is 2. The van der Waals surface area contributed by atoms with Crippen molar-refractivity contribution in [2.75, 3.05) is 13.7 Å². The maximum atomic E-state index is 13.6. The van der Waals surface area contributed by atoms with Crippen LogP contribution in [0, 0.1) is 21.4 Å². The van der Waals surface area contributed by atoms with Gasteiger partial charge in [-0.3, -0.25) is 24.6 Å². The van der Waals surface area contributed by atoms with Crippen LogP contribution in [-0.4, -0.2) is 45.1 Å². The maximum Gasteiger partial charge on any atom is 0.311 e. The molecule has 0 saturated carbocycles. The molecule has 1 aromatic heterocycles. The molecule has 204 valence electrons. The van der Waals surface area contributed by atoms with Crippen molar-refractivity contribution in [3.8, 4) is 28.8 Å². The summed E-state index contributed by atoms with van der Waals surface area (Å²) < 4.78 is 6.76. The summed E-state index contributed by atoms with van der Waals surface area (Å²) in [4.78, 5) is 38.9. The second kappa shape index (κ2) is 12.2. The SMILES string of the molecule is CCCCCCN1C(=O)C(C#N)=C(C)/C(=C\c2cn(-c3ccccc3)nc2-c2ccc(OC)c([N+](=O)[O-])c2)C1=O. The smallest absolute Gasteiger partial charge is 0.311 e. The van der Waals surface area contributed by atoms with Crippen LogP contribution < -0.4 is 4.74 Å². The Labute approximate surface area is 231 Å². The predicted molar refractivity (Wildman–Crippen MR) is 149 cm³/mol. The lowest BCUT2D eigenvalue weighted by Gasteiger charge is -2.27. The van der Waals surface area contributed by atoms with E-state index in [1.807, 2.05) is 36.4 Å². The fraction of sp³-hybridized carbons (Fsp3) is 0.267. The summed E-state index contributed by atoms with van der Waals surface area (Å²) in [6.07, 6.45) is 6.80. The van der Waals surface area contributed by atoms with E-state index in [-0.39, 0.29) is 34.7 Å². The van der Waals surface area contributed by atoms with Gasteiger partial charge in [-0.25, -0.2) is 4.68 Å². The first-order valence-corrected chi connectivity index (χ1v) is 13.0. The van der Waals surface area contributed by atoms with Crippen LogP contribution in [0.5, 0.6) is 5.75 Å². The van der Waals surface area contributed by atoms with Gasteiger partial charge in [-0.15, -0.1) is 0 Å². The van der Waals surface area contributed by atoms with Gasteiger partial charge in [-0.05, 0) is 49.3 Å². The van der Waals surface area contributed by atoms with Crippen molar-refractivity contribution in [1.82, 2.24) is 14.7 Å². The number of nitro groups is 1. The largest absolute Gasteiger partial charge is 0.490 e. The van der Waals surface area contributed by atoms with Crippen LogP contribution in [0.1, 0.15) is 45.1 Å². The fourth-order valence-corrected chi connectivity index (χ4v) is 4.60. The number of imide groups is 1. The minimum absolute atomic E-state index is 0.0848. The zero-order valence-electron chi connectivity index (χ0n) is 22.6. The number of methoxy groups -OCH3 is 1. The molecular formula is C30H29N5O5. The average molecular weight is 540 g/mol. The molecule has 2 aromatic carbocycles. The molecule has 0 saturated heterocycles. The highest BCUT2D eigenvalue weighted by Crippen LogP contribution is 2.35. The molecule has 2 heterocycles. The first-order valence-electron chi connectivity index (χ1n) is 13.0. The maximum absolute atomic E-state index is 13.6. The minimum atomic E-state index is -0.593. The van der Waals surface area contributed by atoms with Crippen LogP contribution in [0.2, 0.25) is 0 Å². The normalized spacial score (nSPS) is 14.6. The number of nitrogens with zero attached hydrogens (tertiary/aromatic N) is 5. The van der Waals surface area contributed by atoms with Crippen LogP contribution in [0.4, 0.5) is 5.69 Å². The number of para-hydroxylation sites is 1. The van der Waals surface area contributed by atoms with Gasteiger partial charge in [0.05, 0.1) is 17.7 Å². The molecule has 2 amide bonds. The molecule has 3 aromatic rings. The molecule has 0 bridgehead atoms. The zero-order valence-corrected chi connectivity index (χ0v) is 22.6. The van der Waals surface area contributed by atoms with E-state index in [4.69, 9.17) is 9.84 Å². The zero-order chi connectivity index (χ0) is 28.8. The second-order valence-corrected chi connectivity index (χ2v) is 9.35. The molecule has 0 radical (unpaired) electrons. The molecule has 0 spiro atoms. The Morgan fingerprint density at radius 1 is 1.10 bits per heavy atom. The molecule has 0 unspecified atom stereocenters. The number of rotatable bonds is 10. The lowest BCUT2D eigenvalue weighted by molar-refractivity contribution is -0.385. The van der Waals surface area contributed by atoms with Crippen molar-refractivity contribution < 1.29 is 19.2 Å². The number of amides is 2. The van der Waals surface area contributed by atoms with Gasteiger partial charge in [0.15, 0.2) is 5.75 Å². The van der Waals surface area contributed by atoms with E-state index >= 15 is 0 Å². The summed E-state index contributed by atoms with van der Waals surface area (Å²) in [6.45, 7) is 3.87. The van der Waals surface area contributed by atoms with E-state index in [9.17, 15) is 25.0 Å². The lowest BCUT2D eigenvalue weighted by atomic mass is 9.93. The number of nitriles is 1. The van der Waals surface area contributed by atoms with Crippen molar-refractivity contribution in [2.45, 2.75) is 39.5 Å². The van der Waals surface area contributed by atoms with Crippen LogP contribution in [0.3, 0.4) is 0 Å².